The summed E-state index contributed by atoms with van der Waals surface area (Å²) < 4.78 is 75.4. The molecule has 0 aliphatic rings. The maximum Gasteiger partial charge on any atom is 0.387 e. The van der Waals surface area contributed by atoms with Crippen LogP contribution in [0.4, 0.5) is 22.0 Å². The Morgan fingerprint density at radius 2 is 1.69 bits per heavy atom. The van der Waals surface area contributed by atoms with Crippen molar-refractivity contribution in [2.24, 2.45) is 0 Å². The van der Waals surface area contributed by atoms with Crippen molar-refractivity contribution in [3.8, 4) is 5.75 Å². The Labute approximate surface area is 148 Å². The molecule has 0 spiro atoms. The smallest absolute Gasteiger partial charge is 0.387 e. The lowest BCUT2D eigenvalue weighted by Gasteiger charge is -2.23. The first kappa shape index (κ1) is 20.2. The van der Waals surface area contributed by atoms with Crippen LogP contribution in [0.25, 0.3) is 0 Å². The third kappa shape index (κ3) is 5.17. The molecule has 142 valence electrons. The Morgan fingerprint density at radius 3 is 2.23 bits per heavy atom. The summed E-state index contributed by atoms with van der Waals surface area (Å²) in [6.07, 6.45) is -3.07. The summed E-state index contributed by atoms with van der Waals surface area (Å²) in [5, 5.41) is 0. The van der Waals surface area contributed by atoms with Gasteiger partial charge in [-0.25, -0.2) is 4.39 Å². The van der Waals surface area contributed by atoms with E-state index in [-0.39, 0.29) is 11.1 Å². The zero-order valence-electron chi connectivity index (χ0n) is 14.3. The largest absolute Gasteiger partial charge is 0.432 e. The van der Waals surface area contributed by atoms with Crippen LogP contribution >= 0.6 is 0 Å². The molecule has 26 heavy (non-hydrogen) atoms. The summed E-state index contributed by atoms with van der Waals surface area (Å²) in [4.78, 5) is 0. The standard InChI is InChI=1S/C19H19F5O2/c1-3-4-13-5-8-15(9-6-13)19(23,24)26-12(2)14-7-10-17(16(20)11-14)25-18(21)22/h5-12,18H,3-4H2,1-2H3. The van der Waals surface area contributed by atoms with Crippen LogP contribution in [0.5, 0.6) is 5.75 Å². The Kier molecular flexibility index (Phi) is 6.58. The second-order valence-electron chi connectivity index (χ2n) is 5.79. The molecule has 0 fully saturated rings. The van der Waals surface area contributed by atoms with Crippen LogP contribution < -0.4 is 4.74 Å². The minimum Gasteiger partial charge on any atom is -0.432 e. The van der Waals surface area contributed by atoms with Crippen molar-refractivity contribution in [1.29, 1.82) is 0 Å². The highest BCUT2D eigenvalue weighted by Gasteiger charge is 2.35. The summed E-state index contributed by atoms with van der Waals surface area (Å²) in [6, 6.07) is 8.78. The molecule has 2 rings (SSSR count). The number of ether oxygens (including phenoxy) is 2. The zero-order chi connectivity index (χ0) is 19.3. The van der Waals surface area contributed by atoms with Crippen molar-refractivity contribution in [3.05, 3.63) is 65.0 Å². The molecular formula is C19H19F5O2. The van der Waals surface area contributed by atoms with Crippen molar-refractivity contribution >= 4 is 0 Å². The molecule has 0 amide bonds. The zero-order valence-corrected chi connectivity index (χ0v) is 14.3. The second-order valence-corrected chi connectivity index (χ2v) is 5.79. The molecule has 0 radical (unpaired) electrons. The number of hydrogen-bond acceptors (Lipinski definition) is 2. The maximum atomic E-state index is 14.3. The fraction of sp³-hybridized carbons (Fsp3) is 0.368. The normalized spacial score (nSPS) is 13.1. The first-order chi connectivity index (χ1) is 12.2. The summed E-state index contributed by atoms with van der Waals surface area (Å²) >= 11 is 0. The minimum atomic E-state index is -3.58. The number of halogens is 5. The van der Waals surface area contributed by atoms with Crippen molar-refractivity contribution in [2.75, 3.05) is 0 Å². The molecule has 0 N–H and O–H groups in total. The number of aryl methyl sites for hydroxylation is 1. The van der Waals surface area contributed by atoms with E-state index in [1.54, 1.807) is 12.1 Å². The van der Waals surface area contributed by atoms with Crippen LogP contribution in [0, 0.1) is 5.82 Å². The Hall–Kier alpha value is -2.15. The van der Waals surface area contributed by atoms with Gasteiger partial charge in [0, 0.05) is 0 Å². The molecule has 2 aromatic carbocycles. The molecule has 2 aromatic rings. The molecule has 0 aliphatic carbocycles. The number of alkyl halides is 4. The van der Waals surface area contributed by atoms with Gasteiger partial charge in [-0.15, -0.1) is 0 Å². The molecule has 7 heteroatoms. The third-order valence-electron chi connectivity index (χ3n) is 3.79. The molecule has 0 saturated carbocycles. The van der Waals surface area contributed by atoms with Gasteiger partial charge < -0.3 is 9.47 Å². The van der Waals surface area contributed by atoms with Gasteiger partial charge in [-0.1, -0.05) is 43.7 Å². The van der Waals surface area contributed by atoms with E-state index in [9.17, 15) is 22.0 Å². The van der Waals surface area contributed by atoms with Crippen LogP contribution in [-0.2, 0) is 17.3 Å². The highest BCUT2D eigenvalue weighted by molar-refractivity contribution is 5.31. The Bertz CT molecular complexity index is 716. The molecule has 2 nitrogen and oxygen atoms in total. The van der Waals surface area contributed by atoms with Gasteiger partial charge >= 0.3 is 12.7 Å². The van der Waals surface area contributed by atoms with Gasteiger partial charge in [-0.05, 0) is 36.6 Å². The molecule has 0 aliphatic heterocycles. The number of hydrogen-bond donors (Lipinski definition) is 0. The highest BCUT2D eigenvalue weighted by Crippen LogP contribution is 2.36. The molecule has 1 atom stereocenters. The monoisotopic (exact) mass is 374 g/mol. The lowest BCUT2D eigenvalue weighted by atomic mass is 10.1. The molecular weight excluding hydrogens is 355 g/mol. The summed E-state index contributed by atoms with van der Waals surface area (Å²) in [5.41, 5.74) is 0.700. The molecule has 1 unspecified atom stereocenters. The number of benzene rings is 2. The van der Waals surface area contributed by atoms with Gasteiger partial charge in [0.1, 0.15) is 0 Å². The average Bonchev–Trinajstić information content (AvgIpc) is 2.56. The Balaban J connectivity index is 2.11. The van der Waals surface area contributed by atoms with E-state index < -0.39 is 30.4 Å². The van der Waals surface area contributed by atoms with Crippen molar-refractivity contribution in [1.82, 2.24) is 0 Å². The van der Waals surface area contributed by atoms with Crippen LogP contribution in [0.15, 0.2) is 42.5 Å². The van der Waals surface area contributed by atoms with Crippen molar-refractivity contribution in [3.63, 3.8) is 0 Å². The van der Waals surface area contributed by atoms with E-state index in [4.69, 9.17) is 4.74 Å². The molecule has 0 bridgehead atoms. The van der Waals surface area contributed by atoms with Crippen LogP contribution in [0.2, 0.25) is 0 Å². The van der Waals surface area contributed by atoms with E-state index in [0.29, 0.717) is 0 Å². The summed E-state index contributed by atoms with van der Waals surface area (Å²) in [7, 11) is 0. The molecule has 0 aromatic heterocycles. The first-order valence-corrected chi connectivity index (χ1v) is 8.12. The SMILES string of the molecule is CCCc1ccc(C(F)(F)OC(C)c2ccc(OC(F)F)c(F)c2)cc1. The van der Waals surface area contributed by atoms with Gasteiger partial charge in [-0.3, -0.25) is 0 Å². The van der Waals surface area contributed by atoms with Gasteiger partial charge in [0.15, 0.2) is 11.6 Å². The fourth-order valence-electron chi connectivity index (χ4n) is 2.47. The lowest BCUT2D eigenvalue weighted by molar-refractivity contribution is -0.272. The highest BCUT2D eigenvalue weighted by atomic mass is 19.3. The van der Waals surface area contributed by atoms with Crippen molar-refractivity contribution < 1.29 is 31.4 Å². The maximum absolute atomic E-state index is 14.3. The first-order valence-electron chi connectivity index (χ1n) is 8.12. The predicted octanol–water partition coefficient (Wildman–Crippen LogP) is 6.21. The fourth-order valence-corrected chi connectivity index (χ4v) is 2.47. The van der Waals surface area contributed by atoms with E-state index in [0.717, 1.165) is 30.5 Å². The van der Waals surface area contributed by atoms with Gasteiger partial charge in [0.2, 0.25) is 0 Å². The summed E-state index contributed by atoms with van der Waals surface area (Å²) in [6.45, 7) is 0.135. The van der Waals surface area contributed by atoms with Gasteiger partial charge in [0.05, 0.1) is 11.7 Å². The number of rotatable bonds is 8. The predicted molar refractivity (Wildman–Crippen MR) is 86.9 cm³/mol. The third-order valence-corrected chi connectivity index (χ3v) is 3.79. The van der Waals surface area contributed by atoms with Crippen LogP contribution in [0.3, 0.4) is 0 Å². The summed E-state index contributed by atoms with van der Waals surface area (Å²) in [5.74, 6) is -1.74. The van der Waals surface area contributed by atoms with E-state index in [1.807, 2.05) is 6.92 Å². The van der Waals surface area contributed by atoms with E-state index in [1.165, 1.54) is 25.1 Å². The van der Waals surface area contributed by atoms with Gasteiger partial charge in [-0.2, -0.15) is 17.6 Å². The average molecular weight is 374 g/mol. The topological polar surface area (TPSA) is 18.5 Å². The van der Waals surface area contributed by atoms with Crippen LogP contribution in [-0.4, -0.2) is 6.61 Å². The lowest BCUT2D eigenvalue weighted by Crippen LogP contribution is -2.20. The quantitative estimate of drug-likeness (QED) is 0.512. The van der Waals surface area contributed by atoms with E-state index in [2.05, 4.69) is 4.74 Å². The van der Waals surface area contributed by atoms with Crippen LogP contribution in [0.1, 0.15) is 43.1 Å². The van der Waals surface area contributed by atoms with Gasteiger partial charge in [0.25, 0.3) is 0 Å². The minimum absolute atomic E-state index is 0.0754. The Morgan fingerprint density at radius 1 is 1.04 bits per heavy atom. The molecule has 0 saturated heterocycles. The van der Waals surface area contributed by atoms with Crippen molar-refractivity contribution in [2.45, 2.75) is 45.5 Å². The van der Waals surface area contributed by atoms with E-state index >= 15 is 0 Å². The second kappa shape index (κ2) is 8.49. The molecule has 0 heterocycles.